The first kappa shape index (κ1) is 11.1. The van der Waals surface area contributed by atoms with Gasteiger partial charge in [-0.05, 0) is 18.2 Å². The molecular formula is C12H10FN3O. The van der Waals surface area contributed by atoms with E-state index in [0.717, 1.165) is 0 Å². The lowest BCUT2D eigenvalue weighted by Gasteiger charge is -2.07. The molecule has 0 saturated heterocycles. The average Bonchev–Trinajstić information content (AvgIpc) is 2.32. The van der Waals surface area contributed by atoms with Crippen molar-refractivity contribution in [2.24, 2.45) is 5.73 Å². The topological polar surface area (TPSA) is 72.0 Å². The molecule has 0 atom stereocenters. The number of halogens is 1. The Bertz CT molecular complexity index is 557. The summed E-state index contributed by atoms with van der Waals surface area (Å²) in [7, 11) is 0. The number of nitrogens with two attached hydrogens (primary N) is 1. The van der Waals surface area contributed by atoms with Crippen molar-refractivity contribution in [2.45, 2.75) is 0 Å². The van der Waals surface area contributed by atoms with Gasteiger partial charge in [0, 0.05) is 12.3 Å². The smallest absolute Gasteiger partial charge is 0.165 e. The van der Waals surface area contributed by atoms with Crippen molar-refractivity contribution >= 4 is 5.84 Å². The maximum Gasteiger partial charge on any atom is 0.165 e. The van der Waals surface area contributed by atoms with E-state index in [0.29, 0.717) is 11.4 Å². The van der Waals surface area contributed by atoms with Crippen molar-refractivity contribution < 1.29 is 9.13 Å². The summed E-state index contributed by atoms with van der Waals surface area (Å²) in [4.78, 5) is 3.88. The molecule has 0 aliphatic rings. The number of pyridine rings is 1. The van der Waals surface area contributed by atoms with E-state index in [1.807, 2.05) is 0 Å². The van der Waals surface area contributed by atoms with Crippen molar-refractivity contribution in [2.75, 3.05) is 0 Å². The number of nitrogen functional groups attached to an aromatic ring is 1. The number of hydrogen-bond donors (Lipinski definition) is 2. The third kappa shape index (κ3) is 2.57. The van der Waals surface area contributed by atoms with E-state index < -0.39 is 5.82 Å². The van der Waals surface area contributed by atoms with Gasteiger partial charge in [-0.2, -0.15) is 0 Å². The Kier molecular flexibility index (Phi) is 3.00. The Morgan fingerprint density at radius 1 is 1.29 bits per heavy atom. The largest absolute Gasteiger partial charge is 0.454 e. The highest BCUT2D eigenvalue weighted by Gasteiger charge is 2.05. The van der Waals surface area contributed by atoms with Crippen LogP contribution in [0.5, 0.6) is 11.5 Å². The molecule has 1 aromatic heterocycles. The molecule has 0 bridgehead atoms. The molecule has 1 heterocycles. The SMILES string of the molecule is N=C(N)c1cc(Oc2ccccc2F)ccn1. The molecule has 86 valence electrons. The van der Waals surface area contributed by atoms with Crippen LogP contribution in [-0.2, 0) is 0 Å². The molecule has 0 amide bonds. The van der Waals surface area contributed by atoms with Gasteiger partial charge in [-0.1, -0.05) is 12.1 Å². The molecule has 4 nitrogen and oxygen atoms in total. The van der Waals surface area contributed by atoms with E-state index in [1.54, 1.807) is 18.2 Å². The summed E-state index contributed by atoms with van der Waals surface area (Å²) in [5.41, 5.74) is 5.59. The number of benzene rings is 1. The van der Waals surface area contributed by atoms with Crippen LogP contribution < -0.4 is 10.5 Å². The highest BCUT2D eigenvalue weighted by molar-refractivity contribution is 5.93. The highest BCUT2D eigenvalue weighted by atomic mass is 19.1. The van der Waals surface area contributed by atoms with Crippen LogP contribution in [0.1, 0.15) is 5.69 Å². The summed E-state index contributed by atoms with van der Waals surface area (Å²) in [6.45, 7) is 0. The fourth-order valence-corrected chi connectivity index (χ4v) is 1.28. The molecule has 0 saturated carbocycles. The summed E-state index contributed by atoms with van der Waals surface area (Å²) in [6.07, 6.45) is 1.45. The van der Waals surface area contributed by atoms with Gasteiger partial charge in [0.1, 0.15) is 17.3 Å². The lowest BCUT2D eigenvalue weighted by atomic mass is 10.3. The van der Waals surface area contributed by atoms with Crippen molar-refractivity contribution in [3.63, 3.8) is 0 Å². The molecule has 2 rings (SSSR count). The zero-order chi connectivity index (χ0) is 12.3. The Hall–Kier alpha value is -2.43. The lowest BCUT2D eigenvalue weighted by Crippen LogP contribution is -2.12. The van der Waals surface area contributed by atoms with E-state index in [-0.39, 0.29) is 11.6 Å². The summed E-state index contributed by atoms with van der Waals surface area (Å²) >= 11 is 0. The molecule has 0 aliphatic carbocycles. The number of amidine groups is 1. The van der Waals surface area contributed by atoms with Gasteiger partial charge in [0.05, 0.1) is 0 Å². The maximum atomic E-state index is 13.3. The summed E-state index contributed by atoms with van der Waals surface area (Å²) in [5, 5.41) is 7.24. The second kappa shape index (κ2) is 4.61. The standard InChI is InChI=1S/C12H10FN3O/c13-9-3-1-2-4-11(9)17-8-5-6-16-10(7-8)12(14)15/h1-7H,(H3,14,15). The zero-order valence-corrected chi connectivity index (χ0v) is 8.85. The maximum absolute atomic E-state index is 13.3. The Balaban J connectivity index is 2.28. The molecule has 0 unspecified atom stereocenters. The minimum absolute atomic E-state index is 0.119. The number of nitrogens with zero attached hydrogens (tertiary/aromatic N) is 1. The van der Waals surface area contributed by atoms with Crippen LogP contribution in [0.3, 0.4) is 0 Å². The van der Waals surface area contributed by atoms with Gasteiger partial charge < -0.3 is 10.5 Å². The van der Waals surface area contributed by atoms with Crippen molar-refractivity contribution in [1.82, 2.24) is 4.98 Å². The van der Waals surface area contributed by atoms with Crippen LogP contribution >= 0.6 is 0 Å². The van der Waals surface area contributed by atoms with Crippen molar-refractivity contribution in [3.05, 3.63) is 54.1 Å². The Morgan fingerprint density at radius 3 is 2.76 bits per heavy atom. The predicted molar refractivity (Wildman–Crippen MR) is 61.7 cm³/mol. The fraction of sp³-hybridized carbons (Fsp3) is 0. The van der Waals surface area contributed by atoms with Crippen LogP contribution in [0.2, 0.25) is 0 Å². The minimum atomic E-state index is -0.450. The number of hydrogen-bond acceptors (Lipinski definition) is 3. The number of rotatable bonds is 3. The summed E-state index contributed by atoms with van der Waals surface area (Å²) in [5.74, 6) is -0.110. The third-order valence-corrected chi connectivity index (χ3v) is 2.07. The molecule has 5 heteroatoms. The molecule has 0 aliphatic heterocycles. The average molecular weight is 231 g/mol. The number of para-hydroxylation sites is 1. The van der Waals surface area contributed by atoms with E-state index >= 15 is 0 Å². The first-order valence-electron chi connectivity index (χ1n) is 4.89. The molecule has 3 N–H and O–H groups in total. The van der Waals surface area contributed by atoms with Gasteiger partial charge >= 0.3 is 0 Å². The van der Waals surface area contributed by atoms with Gasteiger partial charge in [0.15, 0.2) is 11.6 Å². The van der Waals surface area contributed by atoms with Gasteiger partial charge in [-0.3, -0.25) is 10.4 Å². The van der Waals surface area contributed by atoms with Gasteiger partial charge in [0.2, 0.25) is 0 Å². The number of nitrogens with one attached hydrogen (secondary N) is 1. The van der Waals surface area contributed by atoms with E-state index in [9.17, 15) is 4.39 Å². The Morgan fingerprint density at radius 2 is 2.06 bits per heavy atom. The van der Waals surface area contributed by atoms with Crippen molar-refractivity contribution in [1.29, 1.82) is 5.41 Å². The van der Waals surface area contributed by atoms with Gasteiger partial charge in [-0.25, -0.2) is 4.39 Å². The number of aromatic nitrogens is 1. The quantitative estimate of drug-likeness (QED) is 0.628. The lowest BCUT2D eigenvalue weighted by molar-refractivity contribution is 0.441. The third-order valence-electron chi connectivity index (χ3n) is 2.07. The van der Waals surface area contributed by atoms with Gasteiger partial charge in [-0.15, -0.1) is 0 Å². The molecule has 0 spiro atoms. The molecule has 0 fully saturated rings. The predicted octanol–water partition coefficient (Wildman–Crippen LogP) is 2.30. The highest BCUT2D eigenvalue weighted by Crippen LogP contribution is 2.23. The molecule has 17 heavy (non-hydrogen) atoms. The first-order valence-corrected chi connectivity index (χ1v) is 4.89. The fourth-order valence-electron chi connectivity index (χ4n) is 1.28. The van der Waals surface area contributed by atoms with Crippen molar-refractivity contribution in [3.8, 4) is 11.5 Å². The van der Waals surface area contributed by atoms with Crippen LogP contribution in [0.15, 0.2) is 42.6 Å². The van der Waals surface area contributed by atoms with E-state index in [4.69, 9.17) is 15.9 Å². The zero-order valence-electron chi connectivity index (χ0n) is 8.85. The monoisotopic (exact) mass is 231 g/mol. The minimum Gasteiger partial charge on any atom is -0.454 e. The van der Waals surface area contributed by atoms with Gasteiger partial charge in [0.25, 0.3) is 0 Å². The second-order valence-corrected chi connectivity index (χ2v) is 3.32. The Labute approximate surface area is 97.4 Å². The summed E-state index contributed by atoms with van der Waals surface area (Å²) < 4.78 is 18.7. The van der Waals surface area contributed by atoms with Crippen LogP contribution in [-0.4, -0.2) is 10.8 Å². The molecular weight excluding hydrogens is 221 g/mol. The first-order chi connectivity index (χ1) is 8.16. The normalized spacial score (nSPS) is 9.94. The summed E-state index contributed by atoms with van der Waals surface area (Å²) in [6, 6.07) is 9.13. The number of ether oxygens (including phenoxy) is 1. The second-order valence-electron chi connectivity index (χ2n) is 3.32. The van der Waals surface area contributed by atoms with E-state index in [2.05, 4.69) is 4.98 Å². The van der Waals surface area contributed by atoms with Crippen LogP contribution in [0, 0.1) is 11.2 Å². The van der Waals surface area contributed by atoms with E-state index in [1.165, 1.54) is 24.4 Å². The van der Waals surface area contributed by atoms with Crippen LogP contribution in [0.4, 0.5) is 4.39 Å². The molecule has 1 aromatic carbocycles. The molecule has 0 radical (unpaired) electrons. The molecule has 2 aromatic rings. The van der Waals surface area contributed by atoms with Crippen LogP contribution in [0.25, 0.3) is 0 Å².